The first-order chi connectivity index (χ1) is 14.5. The number of nitrogens with zero attached hydrogens (tertiary/aromatic N) is 4. The van der Waals surface area contributed by atoms with Gasteiger partial charge in [-0.3, -0.25) is 23.5 Å². The molecule has 9 heteroatoms. The highest BCUT2D eigenvalue weighted by atomic mass is 32.1. The van der Waals surface area contributed by atoms with Crippen LogP contribution in [0.4, 0.5) is 5.69 Å². The number of thiophene rings is 1. The van der Waals surface area contributed by atoms with Gasteiger partial charge in [0.15, 0.2) is 0 Å². The van der Waals surface area contributed by atoms with E-state index in [0.29, 0.717) is 26.4 Å². The maximum atomic E-state index is 12.8. The molecule has 4 heterocycles. The number of fused-ring (bicyclic) bond motifs is 2. The zero-order valence-electron chi connectivity index (χ0n) is 15.8. The fraction of sp³-hybridized carbons (Fsp3) is 0.0476. The number of aryl methyl sites for hydroxylation is 1. The van der Waals surface area contributed by atoms with E-state index in [0.717, 1.165) is 11.3 Å². The van der Waals surface area contributed by atoms with Crippen LogP contribution in [-0.4, -0.2) is 24.7 Å². The Morgan fingerprint density at radius 1 is 1.03 bits per heavy atom. The number of rotatable bonds is 3. The quantitative estimate of drug-likeness (QED) is 0.489. The van der Waals surface area contributed by atoms with E-state index in [2.05, 4.69) is 10.3 Å². The second-order valence-corrected chi connectivity index (χ2v) is 7.73. The highest BCUT2D eigenvalue weighted by Crippen LogP contribution is 2.23. The Hall–Kier alpha value is -3.98. The van der Waals surface area contributed by atoms with Crippen LogP contribution in [0, 0.1) is 0 Å². The number of benzene rings is 1. The van der Waals surface area contributed by atoms with E-state index in [4.69, 9.17) is 0 Å². The molecule has 0 atom stereocenters. The van der Waals surface area contributed by atoms with Crippen molar-refractivity contribution < 1.29 is 4.79 Å². The van der Waals surface area contributed by atoms with Crippen LogP contribution < -0.4 is 16.4 Å². The Bertz CT molecular complexity index is 1540. The summed E-state index contributed by atoms with van der Waals surface area (Å²) < 4.78 is 4.51. The maximum absolute atomic E-state index is 12.8. The number of carbonyl (C=O) groups is 1. The summed E-state index contributed by atoms with van der Waals surface area (Å²) in [6.45, 7) is 0. The Morgan fingerprint density at radius 2 is 1.80 bits per heavy atom. The van der Waals surface area contributed by atoms with Gasteiger partial charge in [-0.15, -0.1) is 11.3 Å². The van der Waals surface area contributed by atoms with Crippen molar-refractivity contribution >= 4 is 38.8 Å². The van der Waals surface area contributed by atoms with Gasteiger partial charge in [-0.1, -0.05) is 24.3 Å². The topological polar surface area (TPSA) is 90.4 Å². The number of amides is 1. The second-order valence-electron chi connectivity index (χ2n) is 6.70. The largest absolute Gasteiger partial charge is 0.315 e. The standard InChI is InChI=1S/C21H15N5O3S/c1-24-12-15(21(29)26(24)13-7-3-2-4-8-13)22-18(27)16-11-14-19(30-16)23-17-9-5-6-10-25(17)20(14)28/h2-12H,1H3,(H,22,27). The Morgan fingerprint density at radius 3 is 2.60 bits per heavy atom. The van der Waals surface area contributed by atoms with Crippen molar-refractivity contribution in [1.82, 2.24) is 18.7 Å². The molecular weight excluding hydrogens is 402 g/mol. The van der Waals surface area contributed by atoms with Crippen LogP contribution in [0.15, 0.2) is 76.6 Å². The average molecular weight is 417 g/mol. The smallest absolute Gasteiger partial charge is 0.295 e. The molecule has 0 aliphatic carbocycles. The lowest BCUT2D eigenvalue weighted by Gasteiger charge is -2.05. The summed E-state index contributed by atoms with van der Waals surface area (Å²) in [6.07, 6.45) is 3.19. The Labute approximate surface area is 173 Å². The third kappa shape index (κ3) is 2.83. The molecule has 0 aliphatic rings. The minimum absolute atomic E-state index is 0.152. The van der Waals surface area contributed by atoms with Gasteiger partial charge in [0.25, 0.3) is 17.0 Å². The van der Waals surface area contributed by atoms with Crippen LogP contribution in [0.2, 0.25) is 0 Å². The molecule has 0 aliphatic heterocycles. The van der Waals surface area contributed by atoms with E-state index < -0.39 is 5.91 Å². The van der Waals surface area contributed by atoms with Gasteiger partial charge >= 0.3 is 0 Å². The van der Waals surface area contributed by atoms with Gasteiger partial charge in [0, 0.05) is 13.2 Å². The predicted molar refractivity (Wildman–Crippen MR) is 116 cm³/mol. The predicted octanol–water partition coefficient (Wildman–Crippen LogP) is 2.65. The van der Waals surface area contributed by atoms with E-state index in [9.17, 15) is 14.4 Å². The summed E-state index contributed by atoms with van der Waals surface area (Å²) in [5.41, 5.74) is 0.770. The first-order valence-electron chi connectivity index (χ1n) is 9.09. The summed E-state index contributed by atoms with van der Waals surface area (Å²) in [5, 5.41) is 3.02. The van der Waals surface area contributed by atoms with Crippen molar-refractivity contribution in [3.8, 4) is 5.69 Å². The molecule has 8 nitrogen and oxygen atoms in total. The van der Waals surface area contributed by atoms with E-state index in [1.807, 2.05) is 30.3 Å². The fourth-order valence-electron chi connectivity index (χ4n) is 3.36. The highest BCUT2D eigenvalue weighted by molar-refractivity contribution is 7.20. The van der Waals surface area contributed by atoms with Crippen molar-refractivity contribution in [2.75, 3.05) is 5.32 Å². The number of aromatic nitrogens is 4. The molecule has 148 valence electrons. The number of hydrogen-bond acceptors (Lipinski definition) is 5. The molecule has 1 N–H and O–H groups in total. The molecule has 0 saturated carbocycles. The summed E-state index contributed by atoms with van der Waals surface area (Å²) in [4.78, 5) is 43.5. The number of carbonyl (C=O) groups excluding carboxylic acids is 1. The average Bonchev–Trinajstić information content (AvgIpc) is 3.30. The van der Waals surface area contributed by atoms with Crippen LogP contribution >= 0.6 is 11.3 Å². The van der Waals surface area contributed by atoms with Crippen molar-refractivity contribution in [3.63, 3.8) is 0 Å². The lowest BCUT2D eigenvalue weighted by molar-refractivity contribution is 0.103. The number of nitrogens with one attached hydrogen (secondary N) is 1. The van der Waals surface area contributed by atoms with Gasteiger partial charge in [0.05, 0.1) is 22.1 Å². The van der Waals surface area contributed by atoms with E-state index in [1.54, 1.807) is 42.3 Å². The van der Waals surface area contributed by atoms with Gasteiger partial charge < -0.3 is 5.32 Å². The van der Waals surface area contributed by atoms with Gasteiger partial charge in [0.2, 0.25) is 0 Å². The molecule has 0 unspecified atom stereocenters. The van der Waals surface area contributed by atoms with Crippen LogP contribution in [0.3, 0.4) is 0 Å². The van der Waals surface area contributed by atoms with Gasteiger partial charge in [-0.05, 0) is 30.3 Å². The number of anilines is 1. The van der Waals surface area contributed by atoms with E-state index in [1.165, 1.54) is 15.1 Å². The van der Waals surface area contributed by atoms with Gasteiger partial charge in [0.1, 0.15) is 16.2 Å². The van der Waals surface area contributed by atoms with Gasteiger partial charge in [-0.25, -0.2) is 9.67 Å². The number of para-hydroxylation sites is 1. The monoisotopic (exact) mass is 417 g/mol. The molecule has 30 heavy (non-hydrogen) atoms. The Balaban J connectivity index is 1.53. The molecule has 5 rings (SSSR count). The van der Waals surface area contributed by atoms with Crippen LogP contribution in [0.5, 0.6) is 0 Å². The first kappa shape index (κ1) is 18.1. The minimum Gasteiger partial charge on any atom is -0.315 e. The molecule has 0 radical (unpaired) electrons. The molecule has 1 amide bonds. The zero-order chi connectivity index (χ0) is 20.8. The van der Waals surface area contributed by atoms with Crippen molar-refractivity contribution in [1.29, 1.82) is 0 Å². The Kier molecular flexibility index (Phi) is 4.11. The molecule has 0 saturated heterocycles. The second kappa shape index (κ2) is 6.82. The minimum atomic E-state index is -0.464. The summed E-state index contributed by atoms with van der Waals surface area (Å²) >= 11 is 1.11. The summed E-state index contributed by atoms with van der Waals surface area (Å²) in [5.74, 6) is -0.464. The van der Waals surface area contributed by atoms with Gasteiger partial charge in [-0.2, -0.15) is 0 Å². The van der Waals surface area contributed by atoms with Crippen molar-refractivity contribution in [2.45, 2.75) is 0 Å². The van der Waals surface area contributed by atoms with Crippen molar-refractivity contribution in [3.05, 3.63) is 92.6 Å². The molecule has 4 aromatic heterocycles. The van der Waals surface area contributed by atoms with E-state index in [-0.39, 0.29) is 16.8 Å². The van der Waals surface area contributed by atoms with Crippen LogP contribution in [0.25, 0.3) is 21.6 Å². The van der Waals surface area contributed by atoms with Crippen LogP contribution in [-0.2, 0) is 7.05 Å². The first-order valence-corrected chi connectivity index (χ1v) is 9.91. The maximum Gasteiger partial charge on any atom is 0.295 e. The fourth-order valence-corrected chi connectivity index (χ4v) is 4.28. The summed E-state index contributed by atoms with van der Waals surface area (Å²) in [7, 11) is 1.72. The third-order valence-electron chi connectivity index (χ3n) is 4.74. The van der Waals surface area contributed by atoms with Crippen LogP contribution in [0.1, 0.15) is 9.67 Å². The van der Waals surface area contributed by atoms with Crippen molar-refractivity contribution in [2.24, 2.45) is 7.05 Å². The molecule has 0 bridgehead atoms. The number of pyridine rings is 1. The van der Waals surface area contributed by atoms with E-state index >= 15 is 0 Å². The highest BCUT2D eigenvalue weighted by Gasteiger charge is 2.18. The number of hydrogen-bond donors (Lipinski definition) is 1. The molecule has 1 aromatic carbocycles. The molecular formula is C21H15N5O3S. The lowest BCUT2D eigenvalue weighted by Crippen LogP contribution is -2.22. The third-order valence-corrected chi connectivity index (χ3v) is 5.77. The lowest BCUT2D eigenvalue weighted by atomic mass is 10.3. The molecule has 0 fully saturated rings. The summed E-state index contributed by atoms with van der Waals surface area (Å²) in [6, 6.07) is 15.9. The zero-order valence-corrected chi connectivity index (χ0v) is 16.6. The normalized spacial score (nSPS) is 11.2. The molecule has 0 spiro atoms. The molecule has 5 aromatic rings. The SMILES string of the molecule is Cn1cc(NC(=O)c2cc3c(=O)n4ccccc4nc3s2)c(=O)n1-c1ccccc1.